The SMILES string of the molecule is Cc1csc(N2CCCN(C(=O)c3ccccc3SCC(=O)NCC3CCCCC3)CC2)n1. The molecule has 0 radical (unpaired) electrons. The minimum Gasteiger partial charge on any atom is -0.355 e. The quantitative estimate of drug-likeness (QED) is 0.580. The van der Waals surface area contributed by atoms with Gasteiger partial charge in [-0.25, -0.2) is 4.98 Å². The van der Waals surface area contributed by atoms with E-state index in [1.807, 2.05) is 36.1 Å². The molecular weight excluding hydrogens is 452 g/mol. The van der Waals surface area contributed by atoms with Crippen molar-refractivity contribution in [3.05, 3.63) is 40.9 Å². The van der Waals surface area contributed by atoms with Crippen LogP contribution in [0.5, 0.6) is 0 Å². The summed E-state index contributed by atoms with van der Waals surface area (Å²) in [6.07, 6.45) is 7.25. The monoisotopic (exact) mass is 486 g/mol. The van der Waals surface area contributed by atoms with Crippen molar-refractivity contribution < 1.29 is 9.59 Å². The molecular formula is C25H34N4O2S2. The number of anilines is 1. The number of benzene rings is 1. The topological polar surface area (TPSA) is 65.5 Å². The second-order valence-corrected chi connectivity index (χ2v) is 10.9. The second-order valence-electron chi connectivity index (χ2n) is 9.00. The van der Waals surface area contributed by atoms with Gasteiger partial charge in [0, 0.05) is 43.0 Å². The molecule has 1 aliphatic carbocycles. The summed E-state index contributed by atoms with van der Waals surface area (Å²) in [5.74, 6) is 1.07. The third kappa shape index (κ3) is 6.73. The van der Waals surface area contributed by atoms with Gasteiger partial charge < -0.3 is 15.1 Å². The molecule has 33 heavy (non-hydrogen) atoms. The van der Waals surface area contributed by atoms with E-state index in [2.05, 4.69) is 20.6 Å². The summed E-state index contributed by atoms with van der Waals surface area (Å²) in [6, 6.07) is 7.68. The first-order valence-electron chi connectivity index (χ1n) is 12.0. The number of nitrogens with zero attached hydrogens (tertiary/aromatic N) is 3. The Morgan fingerprint density at radius 1 is 1.09 bits per heavy atom. The van der Waals surface area contributed by atoms with Gasteiger partial charge in [-0.2, -0.15) is 0 Å². The number of nitrogens with one attached hydrogen (secondary N) is 1. The van der Waals surface area contributed by atoms with E-state index in [1.165, 1.54) is 43.9 Å². The number of rotatable bonds is 7. The van der Waals surface area contributed by atoms with E-state index < -0.39 is 0 Å². The zero-order chi connectivity index (χ0) is 23.0. The maximum atomic E-state index is 13.4. The van der Waals surface area contributed by atoms with Gasteiger partial charge in [0.05, 0.1) is 17.0 Å². The summed E-state index contributed by atoms with van der Waals surface area (Å²) in [7, 11) is 0. The van der Waals surface area contributed by atoms with Crippen LogP contribution >= 0.6 is 23.1 Å². The largest absolute Gasteiger partial charge is 0.355 e. The van der Waals surface area contributed by atoms with Gasteiger partial charge in [-0.3, -0.25) is 9.59 Å². The van der Waals surface area contributed by atoms with E-state index in [0.29, 0.717) is 23.8 Å². The Hall–Kier alpha value is -2.06. The van der Waals surface area contributed by atoms with Gasteiger partial charge in [0.25, 0.3) is 5.91 Å². The Labute approximate surface area is 205 Å². The molecule has 2 heterocycles. The number of aryl methyl sites for hydroxylation is 1. The van der Waals surface area contributed by atoms with Crippen molar-refractivity contribution in [2.24, 2.45) is 5.92 Å². The molecule has 4 rings (SSSR count). The lowest BCUT2D eigenvalue weighted by molar-refractivity contribution is -0.118. The highest BCUT2D eigenvalue weighted by molar-refractivity contribution is 8.00. The predicted molar refractivity (Wildman–Crippen MR) is 136 cm³/mol. The first-order chi connectivity index (χ1) is 16.1. The molecule has 1 saturated carbocycles. The van der Waals surface area contributed by atoms with E-state index in [4.69, 9.17) is 0 Å². The number of aromatic nitrogens is 1. The Morgan fingerprint density at radius 3 is 2.70 bits per heavy atom. The zero-order valence-corrected chi connectivity index (χ0v) is 21.1. The number of thioether (sulfide) groups is 1. The molecule has 1 aromatic heterocycles. The van der Waals surface area contributed by atoms with Crippen LogP contribution < -0.4 is 10.2 Å². The number of hydrogen-bond donors (Lipinski definition) is 1. The minimum atomic E-state index is 0.0528. The van der Waals surface area contributed by atoms with Crippen LogP contribution in [0.25, 0.3) is 0 Å². The van der Waals surface area contributed by atoms with Crippen molar-refractivity contribution in [3.8, 4) is 0 Å². The standard InChI is InChI=1S/C25H34N4O2S2/c1-19-17-33-25(27-19)29-13-7-12-28(14-15-29)24(31)21-10-5-6-11-22(21)32-18-23(30)26-16-20-8-3-2-4-9-20/h5-6,10-11,17,20H,2-4,7-9,12-16,18H2,1H3,(H,26,30). The summed E-state index contributed by atoms with van der Waals surface area (Å²) >= 11 is 3.13. The van der Waals surface area contributed by atoms with E-state index >= 15 is 0 Å². The first kappa shape index (κ1) is 24.1. The summed E-state index contributed by atoms with van der Waals surface area (Å²) in [5.41, 5.74) is 1.74. The second kappa shape index (κ2) is 11.9. The van der Waals surface area contributed by atoms with E-state index in [9.17, 15) is 9.59 Å². The van der Waals surface area contributed by atoms with Gasteiger partial charge in [-0.15, -0.1) is 23.1 Å². The average molecular weight is 487 g/mol. The molecule has 1 aromatic carbocycles. The maximum absolute atomic E-state index is 13.4. The lowest BCUT2D eigenvalue weighted by atomic mass is 9.89. The van der Waals surface area contributed by atoms with Gasteiger partial charge >= 0.3 is 0 Å². The molecule has 1 aliphatic heterocycles. The molecule has 8 heteroatoms. The molecule has 1 N–H and O–H groups in total. The highest BCUT2D eigenvalue weighted by Gasteiger charge is 2.23. The predicted octanol–water partition coefficient (Wildman–Crippen LogP) is 4.59. The van der Waals surface area contributed by atoms with Gasteiger partial charge in [-0.05, 0) is 44.2 Å². The molecule has 6 nitrogen and oxygen atoms in total. The van der Waals surface area contributed by atoms with Crippen molar-refractivity contribution in [1.29, 1.82) is 0 Å². The lowest BCUT2D eigenvalue weighted by Gasteiger charge is -2.23. The van der Waals surface area contributed by atoms with Crippen molar-refractivity contribution >= 4 is 40.0 Å². The van der Waals surface area contributed by atoms with E-state index in [0.717, 1.165) is 48.3 Å². The highest BCUT2D eigenvalue weighted by atomic mass is 32.2. The Morgan fingerprint density at radius 2 is 1.91 bits per heavy atom. The lowest BCUT2D eigenvalue weighted by Crippen LogP contribution is -2.35. The Bertz CT molecular complexity index is 942. The molecule has 2 aromatic rings. The van der Waals surface area contributed by atoms with Crippen LogP contribution in [0.3, 0.4) is 0 Å². The minimum absolute atomic E-state index is 0.0528. The molecule has 0 unspecified atom stereocenters. The van der Waals surface area contributed by atoms with Crippen molar-refractivity contribution in [2.75, 3.05) is 43.4 Å². The maximum Gasteiger partial charge on any atom is 0.255 e. The van der Waals surface area contributed by atoms with Crippen LogP contribution in [0.1, 0.15) is 54.6 Å². The Kier molecular flexibility index (Phi) is 8.67. The molecule has 2 amide bonds. The number of amides is 2. The fourth-order valence-electron chi connectivity index (χ4n) is 4.58. The normalized spacial score (nSPS) is 17.6. The third-order valence-electron chi connectivity index (χ3n) is 6.45. The van der Waals surface area contributed by atoms with Crippen molar-refractivity contribution in [1.82, 2.24) is 15.2 Å². The first-order valence-corrected chi connectivity index (χ1v) is 13.9. The van der Waals surface area contributed by atoms with Crippen LogP contribution in [-0.2, 0) is 4.79 Å². The van der Waals surface area contributed by atoms with Gasteiger partial charge in [0.1, 0.15) is 0 Å². The number of carbonyl (C=O) groups is 2. The van der Waals surface area contributed by atoms with Crippen LogP contribution in [0.4, 0.5) is 5.13 Å². The van der Waals surface area contributed by atoms with E-state index in [-0.39, 0.29) is 11.8 Å². The van der Waals surface area contributed by atoms with Gasteiger partial charge in [0.2, 0.25) is 5.91 Å². The highest BCUT2D eigenvalue weighted by Crippen LogP contribution is 2.26. The Balaban J connectivity index is 1.31. The van der Waals surface area contributed by atoms with Crippen LogP contribution in [0, 0.1) is 12.8 Å². The summed E-state index contributed by atoms with van der Waals surface area (Å²) in [4.78, 5) is 35.5. The average Bonchev–Trinajstić information content (AvgIpc) is 3.13. The van der Waals surface area contributed by atoms with Crippen LogP contribution in [0.2, 0.25) is 0 Å². The van der Waals surface area contributed by atoms with Gasteiger partial charge in [0.15, 0.2) is 5.13 Å². The third-order valence-corrected chi connectivity index (χ3v) is 8.54. The number of thiazole rings is 1. The number of hydrogen-bond acceptors (Lipinski definition) is 6. The molecule has 1 saturated heterocycles. The van der Waals surface area contributed by atoms with Gasteiger partial charge in [-0.1, -0.05) is 31.4 Å². The fraction of sp³-hybridized carbons (Fsp3) is 0.560. The van der Waals surface area contributed by atoms with Crippen LogP contribution in [-0.4, -0.2) is 60.2 Å². The van der Waals surface area contributed by atoms with Crippen LogP contribution in [0.15, 0.2) is 34.5 Å². The molecule has 0 atom stereocenters. The smallest absolute Gasteiger partial charge is 0.255 e. The summed E-state index contributed by atoms with van der Waals surface area (Å²) in [6.45, 7) is 5.91. The molecule has 0 bridgehead atoms. The van der Waals surface area contributed by atoms with E-state index in [1.54, 1.807) is 11.3 Å². The molecule has 0 spiro atoms. The number of carbonyl (C=O) groups excluding carboxylic acids is 2. The van der Waals surface area contributed by atoms with Crippen molar-refractivity contribution in [3.63, 3.8) is 0 Å². The zero-order valence-electron chi connectivity index (χ0n) is 19.4. The fourth-order valence-corrected chi connectivity index (χ4v) is 6.31. The van der Waals surface area contributed by atoms with Crippen molar-refractivity contribution in [2.45, 2.75) is 50.3 Å². The summed E-state index contributed by atoms with van der Waals surface area (Å²) < 4.78 is 0. The molecule has 2 fully saturated rings. The molecule has 2 aliphatic rings. The summed E-state index contributed by atoms with van der Waals surface area (Å²) in [5, 5.41) is 6.21. The molecule has 178 valence electrons.